The molecule has 0 unspecified atom stereocenters. The highest BCUT2D eigenvalue weighted by Gasteiger charge is 2.57. The number of likely N-dealkylation sites (tertiary alicyclic amines) is 1. The third-order valence-corrected chi connectivity index (χ3v) is 4.67. The van der Waals surface area contributed by atoms with Gasteiger partial charge >= 0.3 is 5.97 Å². The van der Waals surface area contributed by atoms with E-state index in [1.807, 2.05) is 0 Å². The Bertz CT molecular complexity index is 633. The van der Waals surface area contributed by atoms with Crippen LogP contribution in [0.4, 0.5) is 4.39 Å². The summed E-state index contributed by atoms with van der Waals surface area (Å²) in [7, 11) is 1.35. The molecule has 0 aromatic heterocycles. The van der Waals surface area contributed by atoms with Gasteiger partial charge in [-0.25, -0.2) is 4.39 Å². The quantitative estimate of drug-likeness (QED) is 0.775. The van der Waals surface area contributed by atoms with E-state index in [9.17, 15) is 14.0 Å². The summed E-state index contributed by atoms with van der Waals surface area (Å²) in [5.74, 6) is -0.937. The Balaban J connectivity index is 1.85. The number of carbonyl (C=O) groups is 2. The molecule has 0 aliphatic carbocycles. The van der Waals surface area contributed by atoms with Crippen molar-refractivity contribution < 1.29 is 23.5 Å². The minimum absolute atomic E-state index is 0.0512. The molecule has 0 radical (unpaired) electrons. The summed E-state index contributed by atoms with van der Waals surface area (Å²) in [6.45, 7) is 3.15. The lowest BCUT2D eigenvalue weighted by Gasteiger charge is -2.24. The highest BCUT2D eigenvalue weighted by molar-refractivity contribution is 5.96. The van der Waals surface area contributed by atoms with E-state index in [4.69, 9.17) is 9.47 Å². The lowest BCUT2D eigenvalue weighted by molar-refractivity contribution is -0.153. The summed E-state index contributed by atoms with van der Waals surface area (Å²) >= 11 is 0. The van der Waals surface area contributed by atoms with Gasteiger partial charge in [0, 0.05) is 24.6 Å². The smallest absolute Gasteiger partial charge is 0.316 e. The summed E-state index contributed by atoms with van der Waals surface area (Å²) in [6.07, 6.45) is 0. The maximum atomic E-state index is 13.2. The number of nitrogens with zero attached hydrogens (tertiary/aromatic N) is 1. The first kappa shape index (κ1) is 15.0. The van der Waals surface area contributed by atoms with Gasteiger partial charge in [0.2, 0.25) is 0 Å². The van der Waals surface area contributed by atoms with Gasteiger partial charge in [0.25, 0.3) is 5.91 Å². The monoisotopic (exact) mass is 307 g/mol. The third kappa shape index (κ3) is 2.18. The molecule has 2 heterocycles. The molecule has 118 valence electrons. The summed E-state index contributed by atoms with van der Waals surface area (Å²) in [6, 6.07) is 4.10. The van der Waals surface area contributed by atoms with Crippen molar-refractivity contribution in [3.8, 4) is 0 Å². The maximum Gasteiger partial charge on any atom is 0.316 e. The van der Waals surface area contributed by atoms with Crippen LogP contribution >= 0.6 is 0 Å². The van der Waals surface area contributed by atoms with E-state index in [0.29, 0.717) is 24.3 Å². The van der Waals surface area contributed by atoms with E-state index in [2.05, 4.69) is 0 Å². The number of fused-ring (bicyclic) bond motifs is 1. The van der Waals surface area contributed by atoms with E-state index in [1.54, 1.807) is 11.8 Å². The second-order valence-corrected chi connectivity index (χ2v) is 6.00. The second-order valence-electron chi connectivity index (χ2n) is 6.00. The number of carbonyl (C=O) groups excluding carboxylic acids is 2. The molecule has 1 amide bonds. The molecule has 0 N–H and O–H groups in total. The highest BCUT2D eigenvalue weighted by atomic mass is 19.1. The molecular weight excluding hydrogens is 289 g/mol. The number of ether oxygens (including phenoxy) is 2. The van der Waals surface area contributed by atoms with Gasteiger partial charge < -0.3 is 14.4 Å². The van der Waals surface area contributed by atoms with Crippen molar-refractivity contribution in [1.29, 1.82) is 0 Å². The first-order valence-electron chi connectivity index (χ1n) is 7.19. The first-order chi connectivity index (χ1) is 10.5. The number of esters is 1. The molecule has 2 aliphatic heterocycles. The Morgan fingerprint density at radius 3 is 2.91 bits per heavy atom. The standard InChI is InChI=1S/C16H18FNO4/c1-10-5-12(17)3-4-13(10)14(19)18-6-11-7-22-9-16(11,8-18)15(20)21-2/h3-5,11H,6-9H2,1-2H3/t11-,16-/m0/s1. The van der Waals surface area contributed by atoms with Crippen LogP contribution in [0.3, 0.4) is 0 Å². The fourth-order valence-corrected chi connectivity index (χ4v) is 3.42. The maximum absolute atomic E-state index is 13.2. The molecule has 0 saturated carbocycles. The zero-order valence-corrected chi connectivity index (χ0v) is 12.6. The SMILES string of the molecule is COC(=O)[C@@]12COC[C@@H]1CN(C(=O)c1ccc(F)cc1C)C2. The Kier molecular flexibility index (Phi) is 3.64. The molecule has 5 nitrogen and oxygen atoms in total. The van der Waals surface area contributed by atoms with E-state index in [1.165, 1.54) is 25.3 Å². The van der Waals surface area contributed by atoms with Crippen LogP contribution in [0, 0.1) is 24.1 Å². The Hall–Kier alpha value is -1.95. The summed E-state index contributed by atoms with van der Waals surface area (Å²) in [5.41, 5.74) is 0.283. The van der Waals surface area contributed by atoms with E-state index < -0.39 is 5.41 Å². The van der Waals surface area contributed by atoms with Gasteiger partial charge in [0.1, 0.15) is 11.2 Å². The zero-order valence-electron chi connectivity index (χ0n) is 12.6. The van der Waals surface area contributed by atoms with Crippen LogP contribution in [-0.4, -0.2) is 50.2 Å². The largest absolute Gasteiger partial charge is 0.468 e. The van der Waals surface area contributed by atoms with Crippen molar-refractivity contribution in [2.45, 2.75) is 6.92 Å². The molecule has 22 heavy (non-hydrogen) atoms. The predicted octanol–water partition coefficient (Wildman–Crippen LogP) is 1.40. The molecule has 2 atom stereocenters. The lowest BCUT2D eigenvalue weighted by Crippen LogP contribution is -2.41. The van der Waals surface area contributed by atoms with Gasteiger partial charge in [-0.05, 0) is 30.7 Å². The third-order valence-electron chi connectivity index (χ3n) is 4.67. The van der Waals surface area contributed by atoms with Gasteiger partial charge in [-0.2, -0.15) is 0 Å². The fourth-order valence-electron chi connectivity index (χ4n) is 3.42. The zero-order chi connectivity index (χ0) is 15.9. The number of rotatable bonds is 2. The number of aryl methyl sites for hydroxylation is 1. The Morgan fingerprint density at radius 2 is 2.23 bits per heavy atom. The molecular formula is C16H18FNO4. The van der Waals surface area contributed by atoms with Crippen molar-refractivity contribution in [3.63, 3.8) is 0 Å². The van der Waals surface area contributed by atoms with Crippen LogP contribution in [-0.2, 0) is 14.3 Å². The van der Waals surface area contributed by atoms with Crippen LogP contribution < -0.4 is 0 Å². The minimum atomic E-state index is -0.766. The van der Waals surface area contributed by atoms with E-state index in [0.717, 1.165) is 0 Å². The average molecular weight is 307 g/mol. The molecule has 6 heteroatoms. The fraction of sp³-hybridized carbons (Fsp3) is 0.500. The number of amides is 1. The number of halogens is 1. The summed E-state index contributed by atoms with van der Waals surface area (Å²) < 4.78 is 23.5. The number of hydrogen-bond acceptors (Lipinski definition) is 4. The minimum Gasteiger partial charge on any atom is -0.468 e. The molecule has 3 rings (SSSR count). The van der Waals surface area contributed by atoms with Gasteiger partial charge in [-0.15, -0.1) is 0 Å². The van der Waals surface area contributed by atoms with Crippen LogP contribution in [0.25, 0.3) is 0 Å². The number of benzene rings is 1. The Labute approximate surface area is 128 Å². The van der Waals surface area contributed by atoms with Crippen LogP contribution in [0.2, 0.25) is 0 Å². The number of hydrogen-bond donors (Lipinski definition) is 0. The molecule has 1 aromatic carbocycles. The van der Waals surface area contributed by atoms with E-state index in [-0.39, 0.29) is 36.8 Å². The Morgan fingerprint density at radius 1 is 1.45 bits per heavy atom. The van der Waals surface area contributed by atoms with E-state index >= 15 is 0 Å². The molecule has 2 fully saturated rings. The van der Waals surface area contributed by atoms with Gasteiger partial charge in [-0.1, -0.05) is 0 Å². The van der Waals surface area contributed by atoms with Gasteiger partial charge in [0.05, 0.1) is 20.3 Å². The molecule has 2 saturated heterocycles. The lowest BCUT2D eigenvalue weighted by atomic mass is 9.81. The van der Waals surface area contributed by atoms with Gasteiger partial charge in [-0.3, -0.25) is 9.59 Å². The second kappa shape index (κ2) is 5.35. The van der Waals surface area contributed by atoms with Crippen molar-refractivity contribution in [2.24, 2.45) is 11.3 Å². The van der Waals surface area contributed by atoms with Crippen LogP contribution in [0.5, 0.6) is 0 Å². The van der Waals surface area contributed by atoms with Crippen LogP contribution in [0.1, 0.15) is 15.9 Å². The van der Waals surface area contributed by atoms with Crippen molar-refractivity contribution in [2.75, 3.05) is 33.4 Å². The van der Waals surface area contributed by atoms with Crippen molar-refractivity contribution in [1.82, 2.24) is 4.90 Å². The molecule has 2 aliphatic rings. The highest BCUT2D eigenvalue weighted by Crippen LogP contribution is 2.42. The molecule has 0 bridgehead atoms. The summed E-state index contributed by atoms with van der Waals surface area (Å²) in [5, 5.41) is 0. The van der Waals surface area contributed by atoms with Crippen LogP contribution in [0.15, 0.2) is 18.2 Å². The van der Waals surface area contributed by atoms with Crippen molar-refractivity contribution in [3.05, 3.63) is 35.1 Å². The predicted molar refractivity (Wildman–Crippen MR) is 75.8 cm³/mol. The number of methoxy groups -OCH3 is 1. The first-order valence-corrected chi connectivity index (χ1v) is 7.19. The topological polar surface area (TPSA) is 55.8 Å². The average Bonchev–Trinajstić information content (AvgIpc) is 3.03. The normalized spacial score (nSPS) is 26.9. The summed E-state index contributed by atoms with van der Waals surface area (Å²) in [4.78, 5) is 26.5. The molecule has 1 aromatic rings. The van der Waals surface area contributed by atoms with Gasteiger partial charge in [0.15, 0.2) is 0 Å². The van der Waals surface area contributed by atoms with Crippen molar-refractivity contribution >= 4 is 11.9 Å². The molecule has 0 spiro atoms.